The number of hydrogen-bond acceptors (Lipinski definition) is 3. The Labute approximate surface area is 123 Å². The van der Waals surface area contributed by atoms with Gasteiger partial charge in [0.2, 0.25) is 0 Å². The van der Waals surface area contributed by atoms with E-state index < -0.39 is 0 Å². The average molecular weight is 299 g/mol. The number of aromatic nitrogens is 1. The minimum atomic E-state index is -0.0562. The van der Waals surface area contributed by atoms with E-state index in [-0.39, 0.29) is 10.7 Å². The third kappa shape index (κ3) is 3.42. The molecule has 104 valence electrons. The molecule has 2 rings (SSSR count). The number of thioether (sulfide) groups is 1. The second kappa shape index (κ2) is 6.14. The van der Waals surface area contributed by atoms with Gasteiger partial charge in [0.1, 0.15) is 5.15 Å². The molecule has 1 aliphatic rings. The van der Waals surface area contributed by atoms with E-state index in [9.17, 15) is 4.79 Å². The van der Waals surface area contributed by atoms with E-state index in [1.807, 2.05) is 24.8 Å². The van der Waals surface area contributed by atoms with Gasteiger partial charge in [-0.25, -0.2) is 4.98 Å². The lowest BCUT2D eigenvalue weighted by Gasteiger charge is -2.40. The van der Waals surface area contributed by atoms with Crippen LogP contribution in [0.1, 0.15) is 42.2 Å². The summed E-state index contributed by atoms with van der Waals surface area (Å²) in [6.07, 6.45) is 6.52. The Kier molecular flexibility index (Phi) is 4.74. The molecule has 1 aromatic rings. The van der Waals surface area contributed by atoms with Gasteiger partial charge in [-0.2, -0.15) is 11.8 Å². The van der Waals surface area contributed by atoms with Crippen LogP contribution in [0.15, 0.2) is 12.1 Å². The van der Waals surface area contributed by atoms with Gasteiger partial charge in [0.15, 0.2) is 0 Å². The summed E-state index contributed by atoms with van der Waals surface area (Å²) in [5, 5.41) is 3.41. The normalized spacial score (nSPS) is 16.8. The second-order valence-corrected chi connectivity index (χ2v) is 6.61. The Morgan fingerprint density at radius 2 is 2.26 bits per heavy atom. The van der Waals surface area contributed by atoms with Crippen LogP contribution in [-0.4, -0.2) is 28.4 Å². The second-order valence-electron chi connectivity index (χ2n) is 4.95. The highest BCUT2D eigenvalue weighted by Gasteiger charge is 2.36. The molecule has 1 heterocycles. The molecule has 1 aliphatic carbocycles. The van der Waals surface area contributed by atoms with Gasteiger partial charge < -0.3 is 5.32 Å². The van der Waals surface area contributed by atoms with Crippen molar-refractivity contribution in [3.63, 3.8) is 0 Å². The van der Waals surface area contributed by atoms with Gasteiger partial charge in [0.05, 0.1) is 0 Å². The van der Waals surface area contributed by atoms with Crippen molar-refractivity contribution in [3.05, 3.63) is 28.5 Å². The number of halogens is 1. The van der Waals surface area contributed by atoms with Crippen molar-refractivity contribution >= 4 is 29.3 Å². The van der Waals surface area contributed by atoms with Crippen LogP contribution in [0.5, 0.6) is 0 Å². The van der Waals surface area contributed by atoms with Gasteiger partial charge in [0.25, 0.3) is 5.91 Å². The number of carbonyl (C=O) groups excluding carboxylic acids is 1. The Morgan fingerprint density at radius 3 is 2.79 bits per heavy atom. The molecule has 0 aliphatic heterocycles. The largest absolute Gasteiger partial charge is 0.351 e. The van der Waals surface area contributed by atoms with Crippen molar-refractivity contribution < 1.29 is 4.79 Å². The van der Waals surface area contributed by atoms with E-state index in [4.69, 9.17) is 11.6 Å². The molecule has 0 aromatic carbocycles. The molecule has 1 saturated carbocycles. The summed E-state index contributed by atoms with van der Waals surface area (Å²) in [4.78, 5) is 16.3. The van der Waals surface area contributed by atoms with E-state index in [2.05, 4.69) is 16.6 Å². The topological polar surface area (TPSA) is 42.0 Å². The first-order chi connectivity index (χ1) is 9.08. The van der Waals surface area contributed by atoms with Crippen LogP contribution in [0.25, 0.3) is 0 Å². The maximum Gasteiger partial charge on any atom is 0.251 e. The maximum absolute atomic E-state index is 12.2. The van der Waals surface area contributed by atoms with Crippen molar-refractivity contribution in [2.24, 2.45) is 0 Å². The van der Waals surface area contributed by atoms with Gasteiger partial charge in [-0.05, 0) is 37.7 Å². The van der Waals surface area contributed by atoms with Crippen molar-refractivity contribution in [1.29, 1.82) is 0 Å². The number of carbonyl (C=O) groups is 1. The number of aryl methyl sites for hydroxylation is 1. The third-order valence-electron chi connectivity index (χ3n) is 3.74. The van der Waals surface area contributed by atoms with E-state index in [0.29, 0.717) is 10.7 Å². The minimum absolute atomic E-state index is 0.0562. The molecule has 1 aromatic heterocycles. The molecule has 0 bridgehead atoms. The minimum Gasteiger partial charge on any atom is -0.351 e. The Hall–Kier alpha value is -0.740. The van der Waals surface area contributed by atoms with Crippen molar-refractivity contribution in [1.82, 2.24) is 10.3 Å². The van der Waals surface area contributed by atoms with Crippen LogP contribution in [0.3, 0.4) is 0 Å². The lowest BCUT2D eigenvalue weighted by Crippen LogP contribution is -2.45. The van der Waals surface area contributed by atoms with Crippen LogP contribution >= 0.6 is 23.4 Å². The zero-order valence-corrected chi connectivity index (χ0v) is 12.9. The lowest BCUT2D eigenvalue weighted by atomic mass is 9.84. The average Bonchev–Trinajstić information content (AvgIpc) is 2.37. The van der Waals surface area contributed by atoms with Gasteiger partial charge in [-0.3, -0.25) is 4.79 Å². The van der Waals surface area contributed by atoms with E-state index in [1.54, 1.807) is 6.07 Å². The standard InChI is InChI=1S/C14H19ClN2OS/c1-3-11-7-10(8-12(15)17-11)13(18)16-9-14(19-2)5-4-6-14/h7-8H,3-6,9H2,1-2H3,(H,16,18). The number of hydrogen-bond donors (Lipinski definition) is 1. The van der Waals surface area contributed by atoms with E-state index >= 15 is 0 Å². The Bertz CT molecular complexity index is 469. The summed E-state index contributed by atoms with van der Waals surface area (Å²) in [5.74, 6) is -0.0562. The Morgan fingerprint density at radius 1 is 1.53 bits per heavy atom. The third-order valence-corrected chi connectivity index (χ3v) is 5.35. The van der Waals surface area contributed by atoms with Crippen LogP contribution in [-0.2, 0) is 6.42 Å². The molecule has 1 fully saturated rings. The first-order valence-electron chi connectivity index (χ1n) is 6.58. The quantitative estimate of drug-likeness (QED) is 0.848. The smallest absolute Gasteiger partial charge is 0.251 e. The molecule has 5 heteroatoms. The van der Waals surface area contributed by atoms with Crippen LogP contribution in [0, 0.1) is 0 Å². The molecular weight excluding hydrogens is 280 g/mol. The van der Waals surface area contributed by atoms with Crippen molar-refractivity contribution in [2.45, 2.75) is 37.4 Å². The number of nitrogens with zero attached hydrogens (tertiary/aromatic N) is 1. The predicted molar refractivity (Wildman–Crippen MR) is 81.1 cm³/mol. The summed E-state index contributed by atoms with van der Waals surface area (Å²) in [6.45, 7) is 2.73. The molecule has 19 heavy (non-hydrogen) atoms. The number of amides is 1. The maximum atomic E-state index is 12.2. The molecule has 0 saturated heterocycles. The monoisotopic (exact) mass is 298 g/mol. The predicted octanol–water partition coefficient (Wildman–Crippen LogP) is 3.31. The highest BCUT2D eigenvalue weighted by molar-refractivity contribution is 8.00. The number of rotatable bonds is 5. The summed E-state index contributed by atoms with van der Waals surface area (Å²) in [6, 6.07) is 3.44. The Balaban J connectivity index is 2.01. The van der Waals surface area contributed by atoms with E-state index in [1.165, 1.54) is 19.3 Å². The first-order valence-corrected chi connectivity index (χ1v) is 8.18. The summed E-state index contributed by atoms with van der Waals surface area (Å²) in [7, 11) is 0. The van der Waals surface area contributed by atoms with Crippen molar-refractivity contribution in [3.8, 4) is 0 Å². The summed E-state index contributed by atoms with van der Waals surface area (Å²) < 4.78 is 0.250. The van der Waals surface area contributed by atoms with Crippen LogP contribution in [0.2, 0.25) is 5.15 Å². The van der Waals surface area contributed by atoms with Crippen LogP contribution in [0.4, 0.5) is 0 Å². The van der Waals surface area contributed by atoms with Gasteiger partial charge >= 0.3 is 0 Å². The lowest BCUT2D eigenvalue weighted by molar-refractivity contribution is 0.0943. The molecule has 3 nitrogen and oxygen atoms in total. The molecule has 0 atom stereocenters. The summed E-state index contributed by atoms with van der Waals surface area (Å²) >= 11 is 7.79. The fourth-order valence-corrected chi connectivity index (χ4v) is 3.37. The first kappa shape index (κ1) is 14.7. The van der Waals surface area contributed by atoms with Gasteiger partial charge in [-0.1, -0.05) is 24.9 Å². The molecule has 1 N–H and O–H groups in total. The van der Waals surface area contributed by atoms with E-state index in [0.717, 1.165) is 18.7 Å². The molecule has 0 radical (unpaired) electrons. The number of pyridine rings is 1. The van der Waals surface area contributed by atoms with Crippen LogP contribution < -0.4 is 5.32 Å². The van der Waals surface area contributed by atoms with Gasteiger partial charge in [-0.15, -0.1) is 0 Å². The molecular formula is C14H19ClN2OS. The summed E-state index contributed by atoms with van der Waals surface area (Å²) in [5.41, 5.74) is 1.45. The molecule has 0 unspecified atom stereocenters. The fraction of sp³-hybridized carbons (Fsp3) is 0.571. The SMILES string of the molecule is CCc1cc(C(=O)NCC2(SC)CCC2)cc(Cl)n1. The fourth-order valence-electron chi connectivity index (χ4n) is 2.23. The molecule has 1 amide bonds. The van der Waals surface area contributed by atoms with Crippen molar-refractivity contribution in [2.75, 3.05) is 12.8 Å². The zero-order valence-electron chi connectivity index (χ0n) is 11.3. The molecule has 0 spiro atoms. The zero-order chi connectivity index (χ0) is 13.9. The highest BCUT2D eigenvalue weighted by Crippen LogP contribution is 2.42. The number of nitrogens with one attached hydrogen (secondary N) is 1. The highest BCUT2D eigenvalue weighted by atomic mass is 35.5. The van der Waals surface area contributed by atoms with Gasteiger partial charge in [0, 0.05) is 22.5 Å².